The van der Waals surface area contributed by atoms with Crippen LogP contribution in [0.4, 0.5) is 14.4 Å². The smallest absolute Gasteiger partial charge is 0.411 e. The molecule has 1 aromatic carbocycles. The fraction of sp³-hybridized carbons (Fsp3) is 0.0909. The fourth-order valence-corrected chi connectivity index (χ4v) is 1.86. The molecule has 0 bridgehead atoms. The molecular formula is C11H10FNO6S. The van der Waals surface area contributed by atoms with Gasteiger partial charge in [0.1, 0.15) is 11.5 Å². The van der Waals surface area contributed by atoms with Gasteiger partial charge in [0.15, 0.2) is 0 Å². The molecular weight excluding hydrogens is 293 g/mol. The van der Waals surface area contributed by atoms with E-state index in [0.717, 1.165) is 18.2 Å². The van der Waals surface area contributed by atoms with Crippen LogP contribution in [0.1, 0.15) is 10.4 Å². The molecule has 20 heavy (non-hydrogen) atoms. The molecule has 2 N–H and O–H groups in total. The summed E-state index contributed by atoms with van der Waals surface area (Å²) in [6.45, 7) is 3.14. The van der Waals surface area contributed by atoms with Crippen LogP contribution in [-0.4, -0.2) is 32.2 Å². The Hall–Kier alpha value is -2.42. The highest BCUT2D eigenvalue weighted by atomic mass is 32.3. The normalized spacial score (nSPS) is 10.7. The second kappa shape index (κ2) is 6.15. The molecule has 0 spiro atoms. The Labute approximate surface area is 113 Å². The van der Waals surface area contributed by atoms with Crippen LogP contribution >= 0.6 is 0 Å². The molecule has 108 valence electrons. The number of hydrogen-bond acceptors (Lipinski definition) is 5. The van der Waals surface area contributed by atoms with E-state index in [9.17, 15) is 21.9 Å². The first kappa shape index (κ1) is 15.6. The number of carbonyl (C=O) groups is 2. The second-order valence-corrected chi connectivity index (χ2v) is 4.78. The van der Waals surface area contributed by atoms with Gasteiger partial charge in [-0.05, 0) is 18.2 Å². The van der Waals surface area contributed by atoms with Crippen molar-refractivity contribution >= 4 is 28.0 Å². The fourth-order valence-electron chi connectivity index (χ4n) is 1.25. The van der Waals surface area contributed by atoms with Gasteiger partial charge in [-0.1, -0.05) is 12.7 Å². The van der Waals surface area contributed by atoms with E-state index in [-0.39, 0.29) is 12.2 Å². The number of aromatic carboxylic acids is 1. The Morgan fingerprint density at radius 2 is 2.10 bits per heavy atom. The van der Waals surface area contributed by atoms with Crippen molar-refractivity contribution in [1.82, 2.24) is 0 Å². The molecule has 7 nitrogen and oxygen atoms in total. The molecule has 0 aromatic heterocycles. The van der Waals surface area contributed by atoms with Gasteiger partial charge in [0, 0.05) is 0 Å². The zero-order chi connectivity index (χ0) is 15.3. The molecule has 0 atom stereocenters. The zero-order valence-electron chi connectivity index (χ0n) is 10.00. The van der Waals surface area contributed by atoms with Crippen molar-refractivity contribution < 1.29 is 31.7 Å². The van der Waals surface area contributed by atoms with Gasteiger partial charge in [-0.2, -0.15) is 8.42 Å². The maximum Gasteiger partial charge on any atom is 0.411 e. The maximum atomic E-state index is 13.0. The van der Waals surface area contributed by atoms with E-state index in [1.54, 1.807) is 0 Å². The van der Waals surface area contributed by atoms with Crippen molar-refractivity contribution in [3.05, 3.63) is 36.4 Å². The van der Waals surface area contributed by atoms with Crippen LogP contribution in [0.3, 0.4) is 0 Å². The van der Waals surface area contributed by atoms with E-state index >= 15 is 0 Å². The first-order chi connectivity index (χ1) is 9.25. The van der Waals surface area contributed by atoms with Crippen LogP contribution in [0.25, 0.3) is 0 Å². The summed E-state index contributed by atoms with van der Waals surface area (Å²) in [7, 11) is -5.13. The summed E-state index contributed by atoms with van der Waals surface area (Å²) >= 11 is 0. The third-order valence-corrected chi connectivity index (χ3v) is 2.94. The molecule has 1 aromatic rings. The largest absolute Gasteiger partial charge is 0.478 e. The van der Waals surface area contributed by atoms with Crippen LogP contribution in [0, 0.1) is 0 Å². The van der Waals surface area contributed by atoms with Gasteiger partial charge in [-0.15, -0.1) is 3.89 Å². The Morgan fingerprint density at radius 3 is 2.60 bits per heavy atom. The number of carbonyl (C=O) groups excluding carboxylic acids is 1. The summed E-state index contributed by atoms with van der Waals surface area (Å²) in [5.41, 5.74) is -0.849. The van der Waals surface area contributed by atoms with Gasteiger partial charge in [0.05, 0.1) is 11.3 Å². The Kier molecular flexibility index (Phi) is 4.81. The van der Waals surface area contributed by atoms with Crippen molar-refractivity contribution in [1.29, 1.82) is 0 Å². The van der Waals surface area contributed by atoms with E-state index < -0.39 is 32.9 Å². The second-order valence-electron chi connectivity index (χ2n) is 3.47. The topological polar surface area (TPSA) is 110 Å². The van der Waals surface area contributed by atoms with Crippen LogP contribution in [-0.2, 0) is 15.0 Å². The van der Waals surface area contributed by atoms with Gasteiger partial charge in [0.25, 0.3) is 0 Å². The van der Waals surface area contributed by atoms with Crippen molar-refractivity contribution in [2.24, 2.45) is 0 Å². The number of carboxylic acid groups (broad SMARTS) is 1. The minimum absolute atomic E-state index is 0.151. The molecule has 0 heterocycles. The SMILES string of the molecule is C=CCOC(=O)Nc1cc(C(=O)O)ccc1S(=O)(=O)F. The highest BCUT2D eigenvalue weighted by molar-refractivity contribution is 7.86. The van der Waals surface area contributed by atoms with Crippen molar-refractivity contribution in [3.63, 3.8) is 0 Å². The molecule has 0 saturated carbocycles. The van der Waals surface area contributed by atoms with Crippen LogP contribution in [0.5, 0.6) is 0 Å². The predicted molar refractivity (Wildman–Crippen MR) is 66.9 cm³/mol. The van der Waals surface area contributed by atoms with Crippen molar-refractivity contribution in [3.8, 4) is 0 Å². The number of rotatable bonds is 5. The van der Waals surface area contributed by atoms with E-state index in [4.69, 9.17) is 5.11 Å². The van der Waals surface area contributed by atoms with Gasteiger partial charge in [-0.3, -0.25) is 5.32 Å². The number of anilines is 1. The third kappa shape index (κ3) is 4.05. The standard InChI is InChI=1S/C11H10FNO6S/c1-2-5-19-11(16)13-8-6-7(10(14)15)3-4-9(8)20(12,17)18/h2-4,6H,1,5H2,(H,13,16)(H,14,15). The number of ether oxygens (including phenoxy) is 1. The lowest BCUT2D eigenvalue weighted by Crippen LogP contribution is -2.16. The minimum Gasteiger partial charge on any atom is -0.478 e. The molecule has 1 rings (SSSR count). The van der Waals surface area contributed by atoms with Crippen LogP contribution < -0.4 is 5.32 Å². The van der Waals surface area contributed by atoms with Crippen molar-refractivity contribution in [2.45, 2.75) is 4.90 Å². The highest BCUT2D eigenvalue weighted by Gasteiger charge is 2.21. The van der Waals surface area contributed by atoms with E-state index in [0.29, 0.717) is 0 Å². The zero-order valence-corrected chi connectivity index (χ0v) is 10.8. The number of carboxylic acids is 1. The van der Waals surface area contributed by atoms with E-state index in [1.165, 1.54) is 6.08 Å². The summed E-state index contributed by atoms with van der Waals surface area (Å²) in [6.07, 6.45) is 0.192. The number of nitrogens with one attached hydrogen (secondary N) is 1. The average Bonchev–Trinajstić information content (AvgIpc) is 2.34. The molecule has 0 fully saturated rings. The molecule has 0 unspecified atom stereocenters. The van der Waals surface area contributed by atoms with Gasteiger partial charge >= 0.3 is 22.3 Å². The molecule has 0 aliphatic carbocycles. The number of amides is 1. The maximum absolute atomic E-state index is 13.0. The summed E-state index contributed by atoms with van der Waals surface area (Å²) < 4.78 is 39.4. The first-order valence-corrected chi connectivity index (χ1v) is 6.50. The van der Waals surface area contributed by atoms with Gasteiger partial charge in [0.2, 0.25) is 0 Å². The van der Waals surface area contributed by atoms with E-state index in [2.05, 4.69) is 11.3 Å². The molecule has 0 saturated heterocycles. The monoisotopic (exact) mass is 303 g/mol. The lowest BCUT2D eigenvalue weighted by molar-refractivity contribution is 0.0696. The van der Waals surface area contributed by atoms with Gasteiger partial charge < -0.3 is 9.84 Å². The molecule has 0 aliphatic rings. The lowest BCUT2D eigenvalue weighted by atomic mass is 10.2. The highest BCUT2D eigenvalue weighted by Crippen LogP contribution is 2.25. The Morgan fingerprint density at radius 1 is 1.45 bits per heavy atom. The molecule has 0 aliphatic heterocycles. The quantitative estimate of drug-likeness (QED) is 0.633. The van der Waals surface area contributed by atoms with Crippen LogP contribution in [0.15, 0.2) is 35.7 Å². The molecule has 9 heteroatoms. The number of benzene rings is 1. The number of hydrogen-bond donors (Lipinski definition) is 2. The molecule has 1 amide bonds. The average molecular weight is 303 g/mol. The third-order valence-electron chi connectivity index (χ3n) is 2.06. The van der Waals surface area contributed by atoms with E-state index in [1.807, 2.05) is 5.32 Å². The first-order valence-electron chi connectivity index (χ1n) is 5.12. The van der Waals surface area contributed by atoms with Crippen LogP contribution in [0.2, 0.25) is 0 Å². The summed E-state index contributed by atoms with van der Waals surface area (Å²) in [4.78, 5) is 21.2. The summed E-state index contributed by atoms with van der Waals surface area (Å²) in [5, 5.41) is 10.7. The number of halogens is 1. The minimum atomic E-state index is -5.13. The summed E-state index contributed by atoms with van der Waals surface area (Å²) in [6, 6.07) is 2.45. The lowest BCUT2D eigenvalue weighted by Gasteiger charge is -2.09. The molecule has 0 radical (unpaired) electrons. The Bertz CT molecular complexity index is 655. The Balaban J connectivity index is 3.18. The summed E-state index contributed by atoms with van der Waals surface area (Å²) in [5.74, 6) is -1.37. The predicted octanol–water partition coefficient (Wildman–Crippen LogP) is 1.78. The van der Waals surface area contributed by atoms with Gasteiger partial charge in [-0.25, -0.2) is 9.59 Å². The van der Waals surface area contributed by atoms with Crippen molar-refractivity contribution in [2.75, 3.05) is 11.9 Å².